The van der Waals surface area contributed by atoms with E-state index in [-0.39, 0.29) is 31.8 Å². The van der Waals surface area contributed by atoms with Crippen LogP contribution in [0.1, 0.15) is 44.7 Å². The Bertz CT molecular complexity index is 1130. The third-order valence-electron chi connectivity index (χ3n) is 5.86. The predicted molar refractivity (Wildman–Crippen MR) is 144 cm³/mol. The first kappa shape index (κ1) is 31.1. The van der Waals surface area contributed by atoms with E-state index < -0.39 is 41.5 Å². The average molecular weight is 545 g/mol. The number of methoxy groups -OCH3 is 2. The van der Waals surface area contributed by atoms with Crippen molar-refractivity contribution in [1.29, 1.82) is 0 Å². The molecule has 2 aromatic carbocycles. The molecule has 0 radical (unpaired) electrons. The molecule has 212 valence electrons. The van der Waals surface area contributed by atoms with Crippen LogP contribution < -0.4 is 30.7 Å². The van der Waals surface area contributed by atoms with Crippen LogP contribution in [0, 0.1) is 11.7 Å². The summed E-state index contributed by atoms with van der Waals surface area (Å²) >= 11 is 0. The van der Waals surface area contributed by atoms with E-state index in [0.29, 0.717) is 22.6 Å². The Labute approximate surface area is 228 Å². The highest BCUT2D eigenvalue weighted by molar-refractivity contribution is 6.38. The summed E-state index contributed by atoms with van der Waals surface area (Å²) < 4.78 is 24.3. The molecule has 1 unspecified atom stereocenters. The van der Waals surface area contributed by atoms with Crippen LogP contribution in [-0.2, 0) is 27.5 Å². The van der Waals surface area contributed by atoms with Gasteiger partial charge in [0.2, 0.25) is 11.7 Å². The molecule has 10 nitrogen and oxygen atoms in total. The van der Waals surface area contributed by atoms with Crippen molar-refractivity contribution in [2.75, 3.05) is 14.2 Å². The Morgan fingerprint density at radius 1 is 0.872 bits per heavy atom. The lowest BCUT2D eigenvalue weighted by atomic mass is 10.0. The summed E-state index contributed by atoms with van der Waals surface area (Å²) in [6.45, 7) is 5.40. The van der Waals surface area contributed by atoms with Crippen molar-refractivity contribution < 1.29 is 33.0 Å². The molecule has 0 aromatic heterocycles. The molecule has 0 aliphatic carbocycles. The molecule has 2 atom stereocenters. The molecule has 0 fully saturated rings. The number of rotatable bonds is 14. The number of ketones is 1. The molecule has 0 aliphatic heterocycles. The SMILES string of the molecule is CCC(NC(=O)[C@H](CC(C)C)NC(=O)NCc1ccccc1F)C(=O)C(=O)NCc1cc(OC)cc(OC)c1. The average Bonchev–Trinajstić information content (AvgIpc) is 2.92. The van der Waals surface area contributed by atoms with Crippen molar-refractivity contribution in [3.8, 4) is 11.5 Å². The Morgan fingerprint density at radius 2 is 1.51 bits per heavy atom. The maximum Gasteiger partial charge on any atom is 0.315 e. The minimum atomic E-state index is -1.09. The van der Waals surface area contributed by atoms with Gasteiger partial charge in [-0.25, -0.2) is 9.18 Å². The number of Topliss-reactive ketones (excluding diaryl/α,β-unsaturated/α-hetero) is 1. The van der Waals surface area contributed by atoms with Gasteiger partial charge in [-0.15, -0.1) is 0 Å². The number of ether oxygens (including phenoxy) is 2. The first-order valence-corrected chi connectivity index (χ1v) is 12.7. The highest BCUT2D eigenvalue weighted by Gasteiger charge is 2.29. The maximum atomic E-state index is 13.8. The zero-order valence-electron chi connectivity index (χ0n) is 22.9. The summed E-state index contributed by atoms with van der Waals surface area (Å²) in [5.74, 6) is -1.63. The monoisotopic (exact) mass is 544 g/mol. The van der Waals surface area contributed by atoms with Crippen molar-refractivity contribution in [1.82, 2.24) is 21.3 Å². The van der Waals surface area contributed by atoms with Gasteiger partial charge < -0.3 is 30.7 Å². The molecule has 2 rings (SSSR count). The van der Waals surface area contributed by atoms with Crippen LogP contribution >= 0.6 is 0 Å². The molecule has 0 saturated heterocycles. The molecule has 0 heterocycles. The molecule has 39 heavy (non-hydrogen) atoms. The number of carbonyl (C=O) groups is 4. The van der Waals surface area contributed by atoms with Gasteiger partial charge in [0.25, 0.3) is 5.91 Å². The molecule has 4 amide bonds. The highest BCUT2D eigenvalue weighted by atomic mass is 19.1. The Balaban J connectivity index is 1.99. The number of amides is 4. The normalized spacial score (nSPS) is 12.2. The lowest BCUT2D eigenvalue weighted by molar-refractivity contribution is -0.140. The van der Waals surface area contributed by atoms with Gasteiger partial charge in [-0.05, 0) is 42.5 Å². The summed E-state index contributed by atoms with van der Waals surface area (Å²) in [5, 5.41) is 10.3. The summed E-state index contributed by atoms with van der Waals surface area (Å²) in [6, 6.07) is 8.39. The number of hydrogen-bond acceptors (Lipinski definition) is 6. The molecular weight excluding hydrogens is 507 g/mol. The first-order valence-electron chi connectivity index (χ1n) is 12.7. The van der Waals surface area contributed by atoms with Crippen LogP contribution in [0.3, 0.4) is 0 Å². The van der Waals surface area contributed by atoms with Crippen LogP contribution in [-0.4, -0.2) is 49.9 Å². The molecule has 11 heteroatoms. The summed E-state index contributed by atoms with van der Waals surface area (Å²) in [5.41, 5.74) is 0.958. The molecule has 0 aliphatic rings. The summed E-state index contributed by atoms with van der Waals surface area (Å²) in [7, 11) is 3.01. The fourth-order valence-electron chi connectivity index (χ4n) is 3.75. The topological polar surface area (TPSA) is 135 Å². The third-order valence-corrected chi connectivity index (χ3v) is 5.86. The highest BCUT2D eigenvalue weighted by Crippen LogP contribution is 2.22. The number of hydrogen-bond donors (Lipinski definition) is 4. The second kappa shape index (κ2) is 15.3. The van der Waals surface area contributed by atoms with Crippen LogP contribution in [0.4, 0.5) is 9.18 Å². The zero-order chi connectivity index (χ0) is 28.9. The van der Waals surface area contributed by atoms with Crippen molar-refractivity contribution in [3.05, 3.63) is 59.4 Å². The zero-order valence-corrected chi connectivity index (χ0v) is 22.9. The predicted octanol–water partition coefficient (Wildman–Crippen LogP) is 2.84. The fraction of sp³-hybridized carbons (Fsp3) is 0.429. The van der Waals surface area contributed by atoms with E-state index in [9.17, 15) is 23.6 Å². The Kier molecular flexibility index (Phi) is 12.2. The smallest absolute Gasteiger partial charge is 0.315 e. The molecular formula is C28H37FN4O6. The first-order chi connectivity index (χ1) is 18.6. The van der Waals surface area contributed by atoms with E-state index in [1.165, 1.54) is 20.3 Å². The molecule has 4 N–H and O–H groups in total. The Morgan fingerprint density at radius 3 is 2.08 bits per heavy atom. The lowest BCUT2D eigenvalue weighted by Crippen LogP contribution is -2.55. The Hall–Kier alpha value is -4.15. The quantitative estimate of drug-likeness (QED) is 0.270. The van der Waals surface area contributed by atoms with E-state index >= 15 is 0 Å². The van der Waals surface area contributed by atoms with Gasteiger partial charge in [0.15, 0.2) is 0 Å². The van der Waals surface area contributed by atoms with Crippen molar-refractivity contribution in [3.63, 3.8) is 0 Å². The molecule has 2 aromatic rings. The minimum Gasteiger partial charge on any atom is -0.497 e. The van der Waals surface area contributed by atoms with Crippen LogP contribution in [0.15, 0.2) is 42.5 Å². The number of urea groups is 1. The number of nitrogens with one attached hydrogen (secondary N) is 4. The fourth-order valence-corrected chi connectivity index (χ4v) is 3.75. The van der Waals surface area contributed by atoms with E-state index in [1.807, 2.05) is 13.8 Å². The molecule has 0 saturated carbocycles. The van der Waals surface area contributed by atoms with E-state index in [1.54, 1.807) is 43.3 Å². The van der Waals surface area contributed by atoms with Crippen LogP contribution in [0.25, 0.3) is 0 Å². The largest absolute Gasteiger partial charge is 0.497 e. The van der Waals surface area contributed by atoms with Crippen molar-refractivity contribution in [2.24, 2.45) is 5.92 Å². The van der Waals surface area contributed by atoms with E-state index in [4.69, 9.17) is 9.47 Å². The number of carbonyl (C=O) groups excluding carboxylic acids is 4. The minimum absolute atomic E-state index is 0.0338. The van der Waals surface area contributed by atoms with E-state index in [0.717, 1.165) is 0 Å². The second-order valence-corrected chi connectivity index (χ2v) is 9.34. The van der Waals surface area contributed by atoms with Crippen LogP contribution in [0.2, 0.25) is 0 Å². The van der Waals surface area contributed by atoms with E-state index in [2.05, 4.69) is 21.3 Å². The van der Waals surface area contributed by atoms with Gasteiger partial charge in [0.05, 0.1) is 20.3 Å². The maximum absolute atomic E-state index is 13.8. The molecule has 0 spiro atoms. The van der Waals surface area contributed by atoms with Gasteiger partial charge in [-0.3, -0.25) is 14.4 Å². The van der Waals surface area contributed by atoms with Gasteiger partial charge in [0.1, 0.15) is 23.4 Å². The lowest BCUT2D eigenvalue weighted by Gasteiger charge is -2.23. The third kappa shape index (κ3) is 9.91. The summed E-state index contributed by atoms with van der Waals surface area (Å²) in [6.07, 6.45) is 0.451. The van der Waals surface area contributed by atoms with Gasteiger partial charge >= 0.3 is 6.03 Å². The second-order valence-electron chi connectivity index (χ2n) is 9.34. The standard InChI is InChI=1S/C28H37FN4O6/c1-6-23(25(34)27(36)30-15-18-12-20(38-4)14-21(13-18)39-5)32-26(35)24(11-17(2)3)33-28(37)31-16-19-9-7-8-10-22(19)29/h7-10,12-14,17,23-24H,6,11,15-16H2,1-5H3,(H,30,36)(H,32,35)(H2,31,33,37)/t23?,24-/m0/s1. The summed E-state index contributed by atoms with van der Waals surface area (Å²) in [4.78, 5) is 50.9. The number of halogens is 1. The van der Waals surface area contributed by atoms with Crippen molar-refractivity contribution in [2.45, 2.75) is 58.8 Å². The van der Waals surface area contributed by atoms with Gasteiger partial charge in [-0.2, -0.15) is 0 Å². The van der Waals surface area contributed by atoms with Crippen LogP contribution in [0.5, 0.6) is 11.5 Å². The molecule has 0 bridgehead atoms. The number of benzene rings is 2. The van der Waals surface area contributed by atoms with Gasteiger partial charge in [0, 0.05) is 24.7 Å². The van der Waals surface area contributed by atoms with Crippen molar-refractivity contribution >= 4 is 23.6 Å². The van der Waals surface area contributed by atoms with Gasteiger partial charge in [-0.1, -0.05) is 39.0 Å².